The second-order valence-corrected chi connectivity index (χ2v) is 20.1. The minimum absolute atomic E-state index is 0.0630. The van der Waals surface area contributed by atoms with Gasteiger partial charge in [-0.2, -0.15) is 0 Å². The van der Waals surface area contributed by atoms with Crippen LogP contribution >= 0.6 is 0 Å². The Hall–Kier alpha value is -2.93. The third kappa shape index (κ3) is 12.2. The third-order valence-electron chi connectivity index (χ3n) is 14.5. The first-order valence-corrected chi connectivity index (χ1v) is 23.6. The van der Waals surface area contributed by atoms with Gasteiger partial charge in [0.25, 0.3) is 0 Å². The number of rotatable bonds is 12. The first-order chi connectivity index (χ1) is 30.5. The maximum atomic E-state index is 14.6. The minimum Gasteiger partial charge on any atom is -0.483 e. The van der Waals surface area contributed by atoms with Crippen molar-refractivity contribution < 1.29 is 58.4 Å². The Morgan fingerprint density at radius 3 is 2.11 bits per heavy atom. The minimum atomic E-state index is -1.83. The van der Waals surface area contributed by atoms with E-state index in [-0.39, 0.29) is 43.9 Å². The Morgan fingerprint density at radius 1 is 0.877 bits per heavy atom. The molecule has 2 aromatic carbocycles. The Labute approximate surface area is 387 Å². The molecule has 3 fully saturated rings. The van der Waals surface area contributed by atoms with E-state index >= 15 is 0 Å². The van der Waals surface area contributed by atoms with Crippen LogP contribution < -0.4 is 15.4 Å². The topological polar surface area (TPSA) is 190 Å². The number of esters is 1. The number of carbonyl (C=O) groups is 1. The second-order valence-electron chi connectivity index (χ2n) is 20.1. The summed E-state index contributed by atoms with van der Waals surface area (Å²) >= 11 is 0. The fourth-order valence-corrected chi connectivity index (χ4v) is 10.3. The van der Waals surface area contributed by atoms with E-state index in [0.717, 1.165) is 5.69 Å². The van der Waals surface area contributed by atoms with Gasteiger partial charge < -0.3 is 69.1 Å². The Bertz CT molecular complexity index is 1770. The summed E-state index contributed by atoms with van der Waals surface area (Å²) in [7, 11) is 5.53. The molecule has 15 nitrogen and oxygen atoms in total. The van der Waals surface area contributed by atoms with Crippen molar-refractivity contribution in [2.75, 3.05) is 39.6 Å². The number of nitrogens with one attached hydrogen (secondary N) is 2. The van der Waals surface area contributed by atoms with E-state index in [2.05, 4.69) is 15.5 Å². The molecule has 0 aromatic heterocycles. The summed E-state index contributed by atoms with van der Waals surface area (Å²) in [5.74, 6) is -2.04. The number of cyclic esters (lactones) is 1. The normalized spacial score (nSPS) is 42.6. The van der Waals surface area contributed by atoms with Gasteiger partial charge in [-0.1, -0.05) is 57.2 Å². The number of ether oxygens (including phenoxy) is 7. The van der Waals surface area contributed by atoms with Gasteiger partial charge in [0.2, 0.25) is 0 Å². The molecule has 3 saturated heterocycles. The van der Waals surface area contributed by atoms with E-state index in [9.17, 15) is 25.2 Å². The molecule has 18 atom stereocenters. The Kier molecular flexibility index (Phi) is 18.0. The van der Waals surface area contributed by atoms with Crippen LogP contribution in [0.15, 0.2) is 60.7 Å². The van der Waals surface area contributed by atoms with E-state index in [4.69, 9.17) is 33.2 Å². The van der Waals surface area contributed by atoms with E-state index < -0.39 is 95.5 Å². The van der Waals surface area contributed by atoms with Gasteiger partial charge in [0.15, 0.2) is 18.7 Å². The van der Waals surface area contributed by atoms with Crippen LogP contribution in [0.2, 0.25) is 0 Å². The lowest BCUT2D eigenvalue weighted by Crippen LogP contribution is -2.69. The van der Waals surface area contributed by atoms with Crippen molar-refractivity contribution in [3.8, 4) is 5.75 Å². The molecule has 0 aliphatic carbocycles. The average molecular weight is 916 g/mol. The van der Waals surface area contributed by atoms with Crippen LogP contribution in [0.5, 0.6) is 5.75 Å². The summed E-state index contributed by atoms with van der Waals surface area (Å²) in [6, 6.07) is 18.3. The molecule has 0 bridgehead atoms. The van der Waals surface area contributed by atoms with Gasteiger partial charge in [0.1, 0.15) is 34.8 Å². The molecule has 6 N–H and O–H groups in total. The lowest BCUT2D eigenvalue weighted by atomic mass is 9.75. The molecule has 5 rings (SSSR count). The van der Waals surface area contributed by atoms with Crippen LogP contribution in [-0.4, -0.2) is 155 Å². The molecule has 15 heteroatoms. The Balaban J connectivity index is 1.59. The Morgan fingerprint density at radius 2 is 1.51 bits per heavy atom. The zero-order valence-corrected chi connectivity index (χ0v) is 41.1. The van der Waals surface area contributed by atoms with Crippen molar-refractivity contribution in [2.24, 2.45) is 17.8 Å². The van der Waals surface area contributed by atoms with Crippen LogP contribution in [0.3, 0.4) is 0 Å². The number of aliphatic hydroxyl groups excluding tert-OH is 1. The first-order valence-electron chi connectivity index (χ1n) is 23.6. The van der Waals surface area contributed by atoms with E-state index in [1.54, 1.807) is 41.7 Å². The van der Waals surface area contributed by atoms with Gasteiger partial charge in [0.05, 0.1) is 42.0 Å². The van der Waals surface area contributed by atoms with Crippen molar-refractivity contribution in [1.29, 1.82) is 0 Å². The molecule has 65 heavy (non-hydrogen) atoms. The molecule has 0 radical (unpaired) electrons. The SMILES string of the molecule is CCC1OC(=O)C(C)C(O[C@H]2C[C@@](C)(OC)[C@](O)(CNc3ccccc3)[C@H](C)O2)C(C)C(O[C@@H]2O[C@H](C)C[C@H](N(C)C)[C@H]2Oc2ccccc2)C(C)(O)CC(C)CNC(C)C(O)C1(C)O. The molecular formula is C50H81N3O12. The molecule has 2 aromatic rings. The largest absolute Gasteiger partial charge is 0.483 e. The zero-order valence-electron chi connectivity index (χ0n) is 41.1. The highest BCUT2D eigenvalue weighted by molar-refractivity contribution is 5.73. The number of aliphatic hydroxyl groups is 4. The summed E-state index contributed by atoms with van der Waals surface area (Å²) in [6.45, 7) is 18.4. The molecule has 0 amide bonds. The molecular weight excluding hydrogens is 835 g/mol. The number of hydrogen-bond acceptors (Lipinski definition) is 15. The molecule has 3 heterocycles. The number of anilines is 1. The third-order valence-corrected chi connectivity index (χ3v) is 14.5. The number of nitrogens with zero attached hydrogens (tertiary/aromatic N) is 1. The maximum Gasteiger partial charge on any atom is 0.311 e. The van der Waals surface area contributed by atoms with Gasteiger partial charge in [-0.05, 0) is 119 Å². The zero-order chi connectivity index (χ0) is 48.1. The highest BCUT2D eigenvalue weighted by Crippen LogP contribution is 2.44. The van der Waals surface area contributed by atoms with E-state index in [1.807, 2.05) is 102 Å². The first kappa shape index (κ1) is 53.0. The van der Waals surface area contributed by atoms with Gasteiger partial charge in [-0.25, -0.2) is 0 Å². The summed E-state index contributed by atoms with van der Waals surface area (Å²) in [5, 5.41) is 55.3. The van der Waals surface area contributed by atoms with Crippen LogP contribution in [0.25, 0.3) is 0 Å². The second kappa shape index (κ2) is 22.0. The fraction of sp³-hybridized carbons (Fsp3) is 0.740. The molecule has 0 saturated carbocycles. The smallest absolute Gasteiger partial charge is 0.311 e. The average Bonchev–Trinajstić information content (AvgIpc) is 3.26. The lowest BCUT2D eigenvalue weighted by Gasteiger charge is -2.53. The van der Waals surface area contributed by atoms with Gasteiger partial charge in [-0.15, -0.1) is 0 Å². The number of benzene rings is 2. The van der Waals surface area contributed by atoms with Crippen molar-refractivity contribution >= 4 is 11.7 Å². The van der Waals surface area contributed by atoms with E-state index in [1.165, 1.54) is 6.92 Å². The number of methoxy groups -OCH3 is 1. The quantitative estimate of drug-likeness (QED) is 0.154. The number of para-hydroxylation sites is 2. The molecule has 3 aliphatic heterocycles. The molecule has 0 spiro atoms. The van der Waals surface area contributed by atoms with Crippen LogP contribution in [0, 0.1) is 17.8 Å². The van der Waals surface area contributed by atoms with Crippen molar-refractivity contribution in [3.63, 3.8) is 0 Å². The standard InChI is InChI=1S/C50H81N3O12/c1-14-39-49(10,57)43(54)34(6)51-28-30(2)26-47(8,56)44(65-46-42(62-37-23-19-16-20-24-37)38(53(11)12)25-31(3)60-46)32(4)41(33(5)45(55)63-39)64-40-27-48(9,59-13)50(58,35(7)61-40)29-52-36-21-17-15-18-22-36/h15-24,30-35,38-44,46,51-52,54,56-58H,14,25-29H2,1-13H3/t30?,31-,32?,33?,34?,35+,38+,39?,40+,41?,42-,43?,44?,46+,47?,48-,49?,50+/m1/s1. The van der Waals surface area contributed by atoms with Crippen LogP contribution in [0.4, 0.5) is 5.69 Å². The van der Waals surface area contributed by atoms with Gasteiger partial charge in [-0.3, -0.25) is 4.79 Å². The predicted octanol–water partition coefficient (Wildman–Crippen LogP) is 5.13. The van der Waals surface area contributed by atoms with Gasteiger partial charge in [0, 0.05) is 37.7 Å². The van der Waals surface area contributed by atoms with Crippen LogP contribution in [0.1, 0.15) is 94.9 Å². The summed E-state index contributed by atoms with van der Waals surface area (Å²) in [6.07, 6.45) is -7.05. The van der Waals surface area contributed by atoms with Crippen molar-refractivity contribution in [2.45, 2.75) is 185 Å². The fourth-order valence-electron chi connectivity index (χ4n) is 10.3. The van der Waals surface area contributed by atoms with E-state index in [0.29, 0.717) is 18.7 Å². The predicted molar refractivity (Wildman–Crippen MR) is 248 cm³/mol. The maximum absolute atomic E-state index is 14.6. The highest BCUT2D eigenvalue weighted by Gasteiger charge is 2.58. The van der Waals surface area contributed by atoms with Gasteiger partial charge >= 0.3 is 5.97 Å². The lowest BCUT2D eigenvalue weighted by molar-refractivity contribution is -0.334. The number of carbonyl (C=O) groups excluding carboxylic acids is 1. The highest BCUT2D eigenvalue weighted by atomic mass is 16.7. The summed E-state index contributed by atoms with van der Waals surface area (Å²) < 4.78 is 46.4. The molecule has 10 unspecified atom stereocenters. The van der Waals surface area contributed by atoms with Crippen LogP contribution in [-0.2, 0) is 33.2 Å². The monoisotopic (exact) mass is 916 g/mol. The number of likely N-dealkylation sites (N-methyl/N-ethyl adjacent to an activating group) is 1. The number of hydrogen-bond donors (Lipinski definition) is 6. The van der Waals surface area contributed by atoms with Crippen molar-refractivity contribution in [3.05, 3.63) is 60.7 Å². The van der Waals surface area contributed by atoms with Crippen molar-refractivity contribution in [1.82, 2.24) is 10.2 Å². The summed E-state index contributed by atoms with van der Waals surface area (Å²) in [5.41, 5.74) is -5.32. The molecule has 368 valence electrons. The summed E-state index contributed by atoms with van der Waals surface area (Å²) in [4.78, 5) is 16.7. The molecule has 3 aliphatic rings.